The molecule has 3 aliphatic carbocycles. The molecule has 0 aliphatic heterocycles. The predicted octanol–water partition coefficient (Wildman–Crippen LogP) is 14.6. The first-order chi connectivity index (χ1) is 28.0. The maximum atomic E-state index is 2.58. The van der Waals surface area contributed by atoms with Gasteiger partial charge in [0, 0.05) is 22.1 Å². The van der Waals surface area contributed by atoms with E-state index in [4.69, 9.17) is 0 Å². The fourth-order valence-corrected chi connectivity index (χ4v) is 10.8. The van der Waals surface area contributed by atoms with Gasteiger partial charge in [-0.25, -0.2) is 0 Å². The normalized spacial score (nSPS) is 14.4. The second kappa shape index (κ2) is 11.8. The molecule has 0 saturated carbocycles. The van der Waals surface area contributed by atoms with Gasteiger partial charge in [0.2, 0.25) is 0 Å². The van der Waals surface area contributed by atoms with E-state index in [0.29, 0.717) is 0 Å². The number of anilines is 3. The Bertz CT molecular complexity index is 3060. The van der Waals surface area contributed by atoms with Crippen LogP contribution >= 0.6 is 0 Å². The van der Waals surface area contributed by atoms with Gasteiger partial charge >= 0.3 is 0 Å². The van der Waals surface area contributed by atoms with Crippen molar-refractivity contribution >= 4 is 27.8 Å². The Kier molecular flexibility index (Phi) is 6.67. The van der Waals surface area contributed by atoms with Gasteiger partial charge in [0.25, 0.3) is 0 Å². The van der Waals surface area contributed by atoms with Gasteiger partial charge in [-0.05, 0) is 108 Å². The van der Waals surface area contributed by atoms with Crippen molar-refractivity contribution in [1.82, 2.24) is 0 Å². The molecule has 57 heavy (non-hydrogen) atoms. The van der Waals surface area contributed by atoms with Crippen LogP contribution in [-0.2, 0) is 10.8 Å². The summed E-state index contributed by atoms with van der Waals surface area (Å²) in [4.78, 5) is 2.58. The maximum absolute atomic E-state index is 2.58. The minimum atomic E-state index is -0.481. The first-order valence-corrected chi connectivity index (χ1v) is 20.1. The first kappa shape index (κ1) is 32.3. The summed E-state index contributed by atoms with van der Waals surface area (Å²) in [6.45, 7) is 4.76. The summed E-state index contributed by atoms with van der Waals surface area (Å²) in [7, 11) is 0. The summed E-state index contributed by atoms with van der Waals surface area (Å²) in [6, 6.07) is 75.1. The molecule has 0 N–H and O–H groups in total. The molecule has 1 nitrogen and oxygen atoms in total. The monoisotopic (exact) mass is 725 g/mol. The van der Waals surface area contributed by atoms with E-state index in [0.717, 1.165) is 5.69 Å². The van der Waals surface area contributed by atoms with Crippen LogP contribution in [0, 0.1) is 0 Å². The van der Waals surface area contributed by atoms with Gasteiger partial charge in [-0.1, -0.05) is 184 Å². The minimum Gasteiger partial charge on any atom is -0.309 e. The van der Waals surface area contributed by atoms with Gasteiger partial charge < -0.3 is 4.90 Å². The number of benzene rings is 9. The topological polar surface area (TPSA) is 3.24 Å². The van der Waals surface area contributed by atoms with Crippen molar-refractivity contribution in [3.05, 3.63) is 234 Å². The van der Waals surface area contributed by atoms with Gasteiger partial charge in [0.05, 0.1) is 16.8 Å². The lowest BCUT2D eigenvalue weighted by molar-refractivity contribution is 0.660. The molecule has 0 bridgehead atoms. The number of fused-ring (bicyclic) bond motifs is 14. The van der Waals surface area contributed by atoms with E-state index in [1.807, 2.05) is 0 Å². The van der Waals surface area contributed by atoms with Crippen LogP contribution in [0.15, 0.2) is 200 Å². The molecule has 12 rings (SSSR count). The van der Waals surface area contributed by atoms with Crippen LogP contribution in [0.1, 0.15) is 47.2 Å². The molecule has 0 saturated heterocycles. The summed E-state index contributed by atoms with van der Waals surface area (Å²) >= 11 is 0. The molecule has 0 amide bonds. The van der Waals surface area contributed by atoms with Gasteiger partial charge in [-0.15, -0.1) is 0 Å². The first-order valence-electron chi connectivity index (χ1n) is 20.1. The van der Waals surface area contributed by atoms with Crippen molar-refractivity contribution in [2.45, 2.75) is 24.7 Å². The van der Waals surface area contributed by atoms with Crippen molar-refractivity contribution in [3.63, 3.8) is 0 Å². The van der Waals surface area contributed by atoms with E-state index in [1.54, 1.807) is 0 Å². The molecule has 0 heterocycles. The minimum absolute atomic E-state index is 0.145. The van der Waals surface area contributed by atoms with Gasteiger partial charge in [0.1, 0.15) is 0 Å². The van der Waals surface area contributed by atoms with E-state index in [-0.39, 0.29) is 5.41 Å². The van der Waals surface area contributed by atoms with E-state index >= 15 is 0 Å². The van der Waals surface area contributed by atoms with Crippen LogP contribution < -0.4 is 4.90 Å². The third kappa shape index (κ3) is 4.29. The van der Waals surface area contributed by atoms with Crippen LogP contribution in [0.4, 0.5) is 17.1 Å². The Hall–Kier alpha value is -6.96. The summed E-state index contributed by atoms with van der Waals surface area (Å²) in [5.41, 5.74) is 21.3. The Labute approximate surface area is 334 Å². The largest absolute Gasteiger partial charge is 0.309 e. The van der Waals surface area contributed by atoms with Crippen LogP contribution in [-0.4, -0.2) is 0 Å². The van der Waals surface area contributed by atoms with E-state index < -0.39 is 5.41 Å². The summed E-state index contributed by atoms with van der Waals surface area (Å²) in [5, 5.41) is 2.44. The Balaban J connectivity index is 1.24. The van der Waals surface area contributed by atoms with Crippen molar-refractivity contribution in [3.8, 4) is 44.5 Å². The third-order valence-corrected chi connectivity index (χ3v) is 13.3. The molecule has 1 spiro atoms. The molecule has 0 fully saturated rings. The standard InChI is InChI=1S/C56H39N/c1-55(2)46-26-12-8-22-41(46)44-32-31-39(35-50(44)55)57(52-30-16-20-37-19-6-7-21-40(37)52)53-34-38(36-17-4-3-5-18-36)33-51-54(53)45-25-11-15-29-49(45)56(51)47-27-13-9-23-42(47)43-24-10-14-28-48(43)56/h3-35H,1-2H3. The molecular formula is C56H39N. The van der Waals surface area contributed by atoms with Crippen molar-refractivity contribution in [2.75, 3.05) is 4.90 Å². The Morgan fingerprint density at radius 1 is 0.351 bits per heavy atom. The smallest absolute Gasteiger partial charge is 0.0726 e. The molecule has 0 aromatic heterocycles. The molecule has 3 aliphatic rings. The quantitative estimate of drug-likeness (QED) is 0.175. The van der Waals surface area contributed by atoms with E-state index in [2.05, 4.69) is 219 Å². The van der Waals surface area contributed by atoms with Crippen LogP contribution in [0.5, 0.6) is 0 Å². The average Bonchev–Trinajstić information content (AvgIpc) is 3.83. The number of hydrogen-bond donors (Lipinski definition) is 0. The van der Waals surface area contributed by atoms with E-state index in [9.17, 15) is 0 Å². The molecule has 0 radical (unpaired) electrons. The molecule has 9 aromatic carbocycles. The second-order valence-electron chi connectivity index (χ2n) is 16.4. The third-order valence-electron chi connectivity index (χ3n) is 13.3. The number of hydrogen-bond acceptors (Lipinski definition) is 1. The van der Waals surface area contributed by atoms with Crippen molar-refractivity contribution < 1.29 is 0 Å². The molecular weight excluding hydrogens is 687 g/mol. The molecule has 0 unspecified atom stereocenters. The zero-order valence-electron chi connectivity index (χ0n) is 32.0. The van der Waals surface area contributed by atoms with Crippen LogP contribution in [0.25, 0.3) is 55.3 Å². The highest BCUT2D eigenvalue weighted by molar-refractivity contribution is 6.06. The molecule has 268 valence electrons. The lowest BCUT2D eigenvalue weighted by atomic mass is 9.70. The highest BCUT2D eigenvalue weighted by Gasteiger charge is 2.52. The van der Waals surface area contributed by atoms with Gasteiger partial charge in [-0.2, -0.15) is 0 Å². The zero-order chi connectivity index (χ0) is 37.9. The average molecular weight is 726 g/mol. The van der Waals surface area contributed by atoms with Crippen LogP contribution in [0.2, 0.25) is 0 Å². The fraction of sp³-hybridized carbons (Fsp3) is 0.0714. The molecule has 9 aromatic rings. The molecule has 0 atom stereocenters. The number of rotatable bonds is 4. The Morgan fingerprint density at radius 2 is 0.895 bits per heavy atom. The Morgan fingerprint density at radius 3 is 1.61 bits per heavy atom. The lowest BCUT2D eigenvalue weighted by Gasteiger charge is -2.33. The van der Waals surface area contributed by atoms with Crippen molar-refractivity contribution in [1.29, 1.82) is 0 Å². The fourth-order valence-electron chi connectivity index (χ4n) is 10.8. The summed E-state index contributed by atoms with van der Waals surface area (Å²) < 4.78 is 0. The van der Waals surface area contributed by atoms with Gasteiger partial charge in [0.15, 0.2) is 0 Å². The summed E-state index contributed by atoms with van der Waals surface area (Å²) in [5.74, 6) is 0. The van der Waals surface area contributed by atoms with E-state index in [1.165, 1.54) is 100 Å². The SMILES string of the molecule is CC1(C)c2ccccc2-c2ccc(N(c3cc(-c4ccccc4)cc4c3-c3ccccc3C43c4ccccc4-c4ccccc43)c3cccc4ccccc34)cc21. The van der Waals surface area contributed by atoms with Crippen molar-refractivity contribution in [2.24, 2.45) is 0 Å². The predicted molar refractivity (Wildman–Crippen MR) is 238 cm³/mol. The summed E-state index contributed by atoms with van der Waals surface area (Å²) in [6.07, 6.45) is 0. The second-order valence-corrected chi connectivity index (χ2v) is 16.4. The van der Waals surface area contributed by atoms with Gasteiger partial charge in [-0.3, -0.25) is 0 Å². The zero-order valence-corrected chi connectivity index (χ0v) is 32.0. The molecule has 1 heteroatoms. The highest BCUT2D eigenvalue weighted by Crippen LogP contribution is 2.65. The highest BCUT2D eigenvalue weighted by atomic mass is 15.1. The maximum Gasteiger partial charge on any atom is 0.0726 e. The number of nitrogens with zero attached hydrogens (tertiary/aromatic N) is 1. The van der Waals surface area contributed by atoms with Crippen LogP contribution in [0.3, 0.4) is 0 Å². The lowest BCUT2D eigenvalue weighted by Crippen LogP contribution is -2.26.